The van der Waals surface area contributed by atoms with E-state index in [9.17, 15) is 14.4 Å². The van der Waals surface area contributed by atoms with Crippen molar-refractivity contribution in [3.63, 3.8) is 0 Å². The minimum atomic E-state index is -0.390. The molecule has 2 N–H and O–H groups in total. The number of rotatable bonds is 7. The van der Waals surface area contributed by atoms with Gasteiger partial charge in [-0.15, -0.1) is 0 Å². The van der Waals surface area contributed by atoms with Crippen molar-refractivity contribution in [2.75, 3.05) is 25.0 Å². The van der Waals surface area contributed by atoms with E-state index in [-0.39, 0.29) is 29.6 Å². The molecule has 0 radical (unpaired) electrons. The topological polar surface area (TPSA) is 83.4 Å². The molecular formula is C23H30N4O3. The highest BCUT2D eigenvalue weighted by molar-refractivity contribution is 6.04. The number of piperidine rings is 1. The SMILES string of the molecule is Cc1ccc(NC(=O)c2ccccc2)c(=O)n1CC(=O)NCCN1CCCC[C@H]1C. The van der Waals surface area contributed by atoms with Gasteiger partial charge in [-0.25, -0.2) is 0 Å². The minimum Gasteiger partial charge on any atom is -0.353 e. The number of anilines is 1. The Labute approximate surface area is 177 Å². The highest BCUT2D eigenvalue weighted by Crippen LogP contribution is 2.15. The lowest BCUT2D eigenvalue weighted by atomic mass is 10.0. The molecule has 0 bridgehead atoms. The van der Waals surface area contributed by atoms with Crippen LogP contribution < -0.4 is 16.2 Å². The number of amides is 2. The summed E-state index contributed by atoms with van der Waals surface area (Å²) >= 11 is 0. The van der Waals surface area contributed by atoms with Crippen molar-refractivity contribution in [2.45, 2.75) is 45.7 Å². The van der Waals surface area contributed by atoms with E-state index in [1.165, 1.54) is 23.8 Å². The summed E-state index contributed by atoms with van der Waals surface area (Å²) in [5.41, 5.74) is 0.898. The maximum absolute atomic E-state index is 12.8. The molecule has 2 aromatic rings. The lowest BCUT2D eigenvalue weighted by Gasteiger charge is -2.33. The van der Waals surface area contributed by atoms with E-state index in [4.69, 9.17) is 0 Å². The molecule has 0 spiro atoms. The van der Waals surface area contributed by atoms with E-state index in [2.05, 4.69) is 22.5 Å². The van der Waals surface area contributed by atoms with Crippen LogP contribution in [0.4, 0.5) is 5.69 Å². The number of nitrogens with zero attached hydrogens (tertiary/aromatic N) is 2. The molecule has 3 rings (SSSR count). The van der Waals surface area contributed by atoms with Gasteiger partial charge in [0, 0.05) is 30.4 Å². The molecule has 7 heteroatoms. The molecular weight excluding hydrogens is 380 g/mol. The number of hydrogen-bond donors (Lipinski definition) is 2. The summed E-state index contributed by atoms with van der Waals surface area (Å²) in [7, 11) is 0. The molecule has 1 aromatic heterocycles. The molecule has 1 atom stereocenters. The van der Waals surface area contributed by atoms with Crippen LogP contribution in [0.1, 0.15) is 42.2 Å². The fourth-order valence-electron chi connectivity index (χ4n) is 3.77. The predicted octanol–water partition coefficient (Wildman–Crippen LogP) is 2.40. The van der Waals surface area contributed by atoms with Gasteiger partial charge < -0.3 is 15.2 Å². The Bertz CT molecular complexity index is 939. The van der Waals surface area contributed by atoms with Crippen LogP contribution in [-0.2, 0) is 11.3 Å². The molecule has 160 valence electrons. The van der Waals surface area contributed by atoms with Gasteiger partial charge in [0.05, 0.1) is 0 Å². The van der Waals surface area contributed by atoms with Crippen molar-refractivity contribution in [1.82, 2.24) is 14.8 Å². The normalized spacial score (nSPS) is 16.8. The van der Waals surface area contributed by atoms with Gasteiger partial charge in [0.15, 0.2) is 0 Å². The van der Waals surface area contributed by atoms with E-state index in [0.717, 1.165) is 13.1 Å². The van der Waals surface area contributed by atoms with Crippen LogP contribution in [0.3, 0.4) is 0 Å². The van der Waals surface area contributed by atoms with Crippen molar-refractivity contribution in [1.29, 1.82) is 0 Å². The average molecular weight is 411 g/mol. The van der Waals surface area contributed by atoms with Crippen LogP contribution in [0, 0.1) is 6.92 Å². The second-order valence-corrected chi connectivity index (χ2v) is 7.83. The number of aryl methyl sites for hydroxylation is 1. The fourth-order valence-corrected chi connectivity index (χ4v) is 3.77. The first-order valence-electron chi connectivity index (χ1n) is 10.5. The lowest BCUT2D eigenvalue weighted by molar-refractivity contribution is -0.121. The van der Waals surface area contributed by atoms with Crippen LogP contribution in [0.2, 0.25) is 0 Å². The molecule has 30 heavy (non-hydrogen) atoms. The van der Waals surface area contributed by atoms with Gasteiger partial charge in [0.25, 0.3) is 11.5 Å². The van der Waals surface area contributed by atoms with Gasteiger partial charge in [-0.1, -0.05) is 24.6 Å². The zero-order valence-corrected chi connectivity index (χ0v) is 17.7. The molecule has 0 saturated carbocycles. The van der Waals surface area contributed by atoms with Crippen molar-refractivity contribution in [2.24, 2.45) is 0 Å². The van der Waals surface area contributed by atoms with E-state index >= 15 is 0 Å². The molecule has 1 aliphatic heterocycles. The average Bonchev–Trinajstić information content (AvgIpc) is 2.75. The van der Waals surface area contributed by atoms with Crippen LogP contribution in [0.5, 0.6) is 0 Å². The summed E-state index contributed by atoms with van der Waals surface area (Å²) in [6.45, 7) is 6.36. The molecule has 1 aromatic carbocycles. The summed E-state index contributed by atoms with van der Waals surface area (Å²) in [5, 5.41) is 5.56. The van der Waals surface area contributed by atoms with Gasteiger partial charge in [-0.2, -0.15) is 0 Å². The molecule has 0 aliphatic carbocycles. The summed E-state index contributed by atoms with van der Waals surface area (Å²) in [5.74, 6) is -0.570. The van der Waals surface area contributed by atoms with Crippen molar-refractivity contribution in [3.8, 4) is 0 Å². The first-order valence-corrected chi connectivity index (χ1v) is 10.5. The number of pyridine rings is 1. The zero-order valence-electron chi connectivity index (χ0n) is 17.7. The number of hydrogen-bond acceptors (Lipinski definition) is 4. The van der Waals surface area contributed by atoms with E-state index < -0.39 is 0 Å². The number of nitrogens with one attached hydrogen (secondary N) is 2. The molecule has 1 aliphatic rings. The predicted molar refractivity (Wildman–Crippen MR) is 118 cm³/mol. The van der Waals surface area contributed by atoms with Gasteiger partial charge in [-0.3, -0.25) is 19.3 Å². The van der Waals surface area contributed by atoms with Gasteiger partial charge >= 0.3 is 0 Å². The molecule has 0 unspecified atom stereocenters. The number of likely N-dealkylation sites (tertiary alicyclic amines) is 1. The summed E-state index contributed by atoms with van der Waals surface area (Å²) < 4.78 is 1.39. The smallest absolute Gasteiger partial charge is 0.274 e. The van der Waals surface area contributed by atoms with E-state index in [1.54, 1.807) is 43.3 Å². The molecule has 7 nitrogen and oxygen atoms in total. The first-order chi connectivity index (χ1) is 14.5. The van der Waals surface area contributed by atoms with Crippen molar-refractivity contribution < 1.29 is 9.59 Å². The minimum absolute atomic E-state index is 0.0741. The molecule has 1 saturated heterocycles. The molecule has 1 fully saturated rings. The summed E-state index contributed by atoms with van der Waals surface area (Å²) in [6.07, 6.45) is 3.67. The second-order valence-electron chi connectivity index (χ2n) is 7.83. The number of carbonyl (C=O) groups excluding carboxylic acids is 2. The van der Waals surface area contributed by atoms with Gasteiger partial charge in [0.1, 0.15) is 12.2 Å². The maximum Gasteiger partial charge on any atom is 0.274 e. The second kappa shape index (κ2) is 10.2. The lowest BCUT2D eigenvalue weighted by Crippen LogP contribution is -2.43. The maximum atomic E-state index is 12.8. The zero-order chi connectivity index (χ0) is 21.5. The Morgan fingerprint density at radius 1 is 1.10 bits per heavy atom. The Hall–Kier alpha value is -2.93. The largest absolute Gasteiger partial charge is 0.353 e. The first kappa shape index (κ1) is 21.8. The Balaban J connectivity index is 1.60. The standard InChI is InChI=1S/C23H30N4O3/c1-17-8-6-7-14-26(17)15-13-24-21(28)16-27-18(2)11-12-20(23(27)30)25-22(29)19-9-4-3-5-10-19/h3-5,9-12,17H,6-8,13-16H2,1-2H3,(H,24,28)(H,25,29)/t17-/m1/s1. The van der Waals surface area contributed by atoms with Crippen LogP contribution in [0.15, 0.2) is 47.3 Å². The number of carbonyl (C=O) groups is 2. The Morgan fingerprint density at radius 2 is 1.87 bits per heavy atom. The number of benzene rings is 1. The third-order valence-corrected chi connectivity index (χ3v) is 5.64. The van der Waals surface area contributed by atoms with E-state index in [0.29, 0.717) is 23.8 Å². The summed E-state index contributed by atoms with van der Waals surface area (Å²) in [4.78, 5) is 40.0. The van der Waals surface area contributed by atoms with Crippen LogP contribution in [0.25, 0.3) is 0 Å². The van der Waals surface area contributed by atoms with Crippen molar-refractivity contribution in [3.05, 3.63) is 64.1 Å². The quantitative estimate of drug-likeness (QED) is 0.734. The Morgan fingerprint density at radius 3 is 2.60 bits per heavy atom. The number of aromatic nitrogens is 1. The molecule has 2 amide bonds. The van der Waals surface area contributed by atoms with Crippen molar-refractivity contribution >= 4 is 17.5 Å². The molecule has 2 heterocycles. The Kier molecular flexibility index (Phi) is 7.41. The third kappa shape index (κ3) is 5.57. The highest BCUT2D eigenvalue weighted by Gasteiger charge is 2.18. The van der Waals surface area contributed by atoms with Crippen LogP contribution in [-0.4, -0.2) is 47.0 Å². The van der Waals surface area contributed by atoms with E-state index in [1.807, 2.05) is 6.07 Å². The fraction of sp³-hybridized carbons (Fsp3) is 0.435. The van der Waals surface area contributed by atoms with Gasteiger partial charge in [0.2, 0.25) is 5.91 Å². The highest BCUT2D eigenvalue weighted by atomic mass is 16.2. The summed E-state index contributed by atoms with van der Waals surface area (Å²) in [6, 6.07) is 12.5. The van der Waals surface area contributed by atoms with Gasteiger partial charge in [-0.05, 0) is 57.5 Å². The monoisotopic (exact) mass is 410 g/mol. The third-order valence-electron chi connectivity index (χ3n) is 5.64. The van der Waals surface area contributed by atoms with Crippen LogP contribution >= 0.6 is 0 Å².